The van der Waals surface area contributed by atoms with Gasteiger partial charge in [-0.1, -0.05) is 13.8 Å². The average Bonchev–Trinajstić information content (AvgIpc) is 3.11. The molecule has 2 unspecified atom stereocenters. The first-order valence-corrected chi connectivity index (χ1v) is 16.0. The summed E-state index contributed by atoms with van der Waals surface area (Å²) >= 11 is 0. The molecule has 0 saturated carbocycles. The highest BCUT2D eigenvalue weighted by Crippen LogP contribution is 2.60. The predicted molar refractivity (Wildman–Crippen MR) is 162 cm³/mol. The molecule has 0 aliphatic carbocycles. The van der Waals surface area contributed by atoms with Crippen LogP contribution in [0.2, 0.25) is 0 Å². The van der Waals surface area contributed by atoms with Crippen LogP contribution < -0.4 is 9.47 Å². The second-order valence-corrected chi connectivity index (χ2v) is 11.9. The summed E-state index contributed by atoms with van der Waals surface area (Å²) in [6.07, 6.45) is -10.1. The maximum Gasteiger partial charge on any atom is 0.460 e. The average molecular weight is 814 g/mol. The van der Waals surface area contributed by atoms with Crippen molar-refractivity contribution in [3.05, 3.63) is 59.7 Å². The zero-order chi connectivity index (χ0) is 42.0. The fraction of sp³-hybridized carbons (Fsp3) is 0.529. The van der Waals surface area contributed by atoms with Crippen molar-refractivity contribution in [3.63, 3.8) is 0 Å². The molecule has 55 heavy (non-hydrogen) atoms. The Hall–Kier alpha value is -4.77. The number of hydrogen-bond acceptors (Lipinski definition) is 8. The van der Waals surface area contributed by atoms with Gasteiger partial charge >= 0.3 is 53.7 Å². The first kappa shape index (κ1) is 46.4. The molecule has 0 bridgehead atoms. The largest absolute Gasteiger partial charge is 0.494 e. The lowest BCUT2D eigenvalue weighted by Crippen LogP contribution is -2.70. The van der Waals surface area contributed by atoms with Gasteiger partial charge in [-0.3, -0.25) is 9.59 Å². The summed E-state index contributed by atoms with van der Waals surface area (Å²) in [6, 6.07) is 13.8. The number of esters is 3. The van der Waals surface area contributed by atoms with Crippen LogP contribution in [-0.2, 0) is 19.1 Å². The maximum atomic E-state index is 14.0. The quantitative estimate of drug-likeness (QED) is 0.0564. The minimum Gasteiger partial charge on any atom is -0.494 e. The number of ether oxygens (including phenoxy) is 4. The van der Waals surface area contributed by atoms with Crippen molar-refractivity contribution in [3.8, 4) is 17.6 Å². The Kier molecular flexibility index (Phi) is 15.4. The molecule has 0 spiro atoms. The van der Waals surface area contributed by atoms with Gasteiger partial charge in [0.15, 0.2) is 0 Å². The SMILES string of the molecule is CCC(CC(C)C(=O)OCCCCOc1ccc(C(=O)Oc2ccc(C#N)cc2)cc1)C(=O)OCCC(F)(F)C(F)(F)C(F)(F)C(F)(F)C(F)(F)C(F)(F)F. The highest BCUT2D eigenvalue weighted by molar-refractivity contribution is 5.91. The highest BCUT2D eigenvalue weighted by atomic mass is 19.4. The molecule has 2 aromatic rings. The van der Waals surface area contributed by atoms with Gasteiger partial charge in [0.25, 0.3) is 0 Å². The second-order valence-electron chi connectivity index (χ2n) is 11.9. The number of rotatable bonds is 20. The highest BCUT2D eigenvalue weighted by Gasteiger charge is 2.90. The molecule has 0 saturated heterocycles. The minimum absolute atomic E-state index is 0.115. The van der Waals surface area contributed by atoms with Crippen LogP contribution in [0.4, 0.5) is 57.1 Å². The third kappa shape index (κ3) is 10.9. The summed E-state index contributed by atoms with van der Waals surface area (Å²) in [7, 11) is 0. The Labute approximate surface area is 304 Å². The van der Waals surface area contributed by atoms with Gasteiger partial charge in [-0.25, -0.2) is 4.79 Å². The lowest BCUT2D eigenvalue weighted by Gasteiger charge is -2.39. The molecule has 0 N–H and O–H groups in total. The van der Waals surface area contributed by atoms with E-state index in [1.54, 1.807) is 0 Å². The smallest absolute Gasteiger partial charge is 0.460 e. The third-order valence-electron chi connectivity index (χ3n) is 7.86. The van der Waals surface area contributed by atoms with Crippen LogP contribution in [0.1, 0.15) is 61.9 Å². The van der Waals surface area contributed by atoms with Crippen LogP contribution in [-0.4, -0.2) is 73.5 Å². The molecule has 0 radical (unpaired) electrons. The van der Waals surface area contributed by atoms with Crippen molar-refractivity contribution >= 4 is 17.9 Å². The van der Waals surface area contributed by atoms with Gasteiger partial charge in [-0.05, 0) is 74.2 Å². The number of hydrogen-bond donors (Lipinski definition) is 0. The Bertz CT molecular complexity index is 1640. The molecule has 0 heterocycles. The van der Waals surface area contributed by atoms with Crippen molar-refractivity contribution in [1.82, 2.24) is 0 Å². The number of carbonyl (C=O) groups excluding carboxylic acids is 3. The monoisotopic (exact) mass is 813 g/mol. The Balaban J connectivity index is 1.78. The van der Waals surface area contributed by atoms with Crippen LogP contribution in [0.5, 0.6) is 11.5 Å². The molecule has 0 amide bonds. The van der Waals surface area contributed by atoms with Crippen molar-refractivity contribution < 1.29 is 90.4 Å². The number of unbranched alkanes of at least 4 members (excludes halogenated alkanes) is 1. The van der Waals surface area contributed by atoms with E-state index in [0.29, 0.717) is 24.2 Å². The Morgan fingerprint density at radius 1 is 0.673 bits per heavy atom. The molecule has 0 fully saturated rings. The number of benzene rings is 2. The van der Waals surface area contributed by atoms with Gasteiger partial charge in [-0.2, -0.15) is 62.3 Å². The van der Waals surface area contributed by atoms with Crippen molar-refractivity contribution in [2.24, 2.45) is 11.8 Å². The minimum atomic E-state index is -8.03. The van der Waals surface area contributed by atoms with Gasteiger partial charge in [-0.15, -0.1) is 0 Å². The summed E-state index contributed by atoms with van der Waals surface area (Å²) in [5.41, 5.74) is 0.609. The molecular weight excluding hydrogens is 781 g/mol. The van der Waals surface area contributed by atoms with Gasteiger partial charge in [0, 0.05) is 0 Å². The summed E-state index contributed by atoms with van der Waals surface area (Å²) in [5, 5.41) is 8.83. The number of carbonyl (C=O) groups is 3. The van der Waals surface area contributed by atoms with E-state index in [-0.39, 0.29) is 37.4 Å². The van der Waals surface area contributed by atoms with E-state index >= 15 is 0 Å². The molecular formula is C34H32F13NO7. The topological polar surface area (TPSA) is 112 Å². The van der Waals surface area contributed by atoms with E-state index < -0.39 is 78.6 Å². The van der Waals surface area contributed by atoms with Crippen LogP contribution in [0.3, 0.4) is 0 Å². The van der Waals surface area contributed by atoms with E-state index in [2.05, 4.69) is 4.74 Å². The lowest BCUT2D eigenvalue weighted by atomic mass is 9.92. The summed E-state index contributed by atoms with van der Waals surface area (Å²) in [6.45, 7) is 0.797. The zero-order valence-corrected chi connectivity index (χ0v) is 28.6. The molecule has 21 heteroatoms. The summed E-state index contributed by atoms with van der Waals surface area (Å²) in [4.78, 5) is 37.0. The number of alkyl halides is 13. The third-order valence-corrected chi connectivity index (χ3v) is 7.86. The normalized spacial score (nSPS) is 14.0. The summed E-state index contributed by atoms with van der Waals surface area (Å²) in [5.74, 6) is -42.3. The van der Waals surface area contributed by atoms with Gasteiger partial charge in [0.1, 0.15) is 11.5 Å². The predicted octanol–water partition coefficient (Wildman–Crippen LogP) is 9.20. The molecule has 2 atom stereocenters. The van der Waals surface area contributed by atoms with Gasteiger partial charge < -0.3 is 18.9 Å². The van der Waals surface area contributed by atoms with E-state index in [4.69, 9.17) is 19.5 Å². The Morgan fingerprint density at radius 3 is 1.71 bits per heavy atom. The van der Waals surface area contributed by atoms with E-state index in [0.717, 1.165) is 0 Å². The first-order valence-electron chi connectivity index (χ1n) is 16.0. The van der Waals surface area contributed by atoms with E-state index in [9.17, 15) is 71.5 Å². The van der Waals surface area contributed by atoms with Crippen LogP contribution in [0.15, 0.2) is 48.5 Å². The van der Waals surface area contributed by atoms with Crippen molar-refractivity contribution in [2.75, 3.05) is 19.8 Å². The summed E-state index contributed by atoms with van der Waals surface area (Å²) < 4.78 is 193. The van der Waals surface area contributed by atoms with Crippen LogP contribution in [0, 0.1) is 23.2 Å². The zero-order valence-electron chi connectivity index (χ0n) is 28.6. The first-order chi connectivity index (χ1) is 25.3. The van der Waals surface area contributed by atoms with Crippen LogP contribution >= 0.6 is 0 Å². The fourth-order valence-electron chi connectivity index (χ4n) is 4.47. The molecule has 0 aliphatic rings. The lowest BCUT2D eigenvalue weighted by molar-refractivity contribution is -0.440. The van der Waals surface area contributed by atoms with E-state index in [1.807, 2.05) is 6.07 Å². The molecule has 0 aliphatic heterocycles. The Morgan fingerprint density at radius 2 is 1.18 bits per heavy atom. The fourth-order valence-corrected chi connectivity index (χ4v) is 4.47. The van der Waals surface area contributed by atoms with Crippen LogP contribution in [0.25, 0.3) is 0 Å². The standard InChI is InChI=1S/C34H32F13NO7/c1-3-22(27(50)54-17-14-29(35,36)30(37,38)31(39,40)32(41,42)33(43,44)34(45,46)47)18-20(2)26(49)53-16-5-4-15-52-24-12-8-23(9-13-24)28(51)55-25-10-6-21(19-48)7-11-25/h6-13,20,22H,3-5,14-18H2,1-2H3. The molecule has 2 rings (SSSR count). The van der Waals surface area contributed by atoms with E-state index in [1.165, 1.54) is 62.4 Å². The number of halogens is 13. The molecule has 8 nitrogen and oxygen atoms in total. The van der Waals surface area contributed by atoms with Crippen molar-refractivity contribution in [1.29, 1.82) is 5.26 Å². The maximum absolute atomic E-state index is 14.0. The number of nitrogens with zero attached hydrogens (tertiary/aromatic N) is 1. The molecule has 306 valence electrons. The number of nitriles is 1. The van der Waals surface area contributed by atoms with Crippen molar-refractivity contribution in [2.45, 2.75) is 81.7 Å². The van der Waals surface area contributed by atoms with Gasteiger partial charge in [0.05, 0.1) is 55.3 Å². The van der Waals surface area contributed by atoms with Gasteiger partial charge in [0.2, 0.25) is 0 Å². The molecule has 2 aromatic carbocycles. The second kappa shape index (κ2) is 18.2. The molecule has 0 aromatic heterocycles.